The fourth-order valence-corrected chi connectivity index (χ4v) is 5.16. The normalized spacial score (nSPS) is 19.2. The minimum atomic E-state index is -1.68. The summed E-state index contributed by atoms with van der Waals surface area (Å²) in [5, 5.41) is 13.5. The first-order valence-corrected chi connectivity index (χ1v) is 12.2. The molecule has 1 aliphatic heterocycles. The summed E-state index contributed by atoms with van der Waals surface area (Å²) in [6.07, 6.45) is 6.66. The molecule has 7 nitrogen and oxygen atoms in total. The topological polar surface area (TPSA) is 83.9 Å². The second-order valence-electron chi connectivity index (χ2n) is 9.15. The number of fused-ring (bicyclic) bond motifs is 1. The maximum absolute atomic E-state index is 15.2. The Kier molecular flexibility index (Phi) is 12.8. The number of nitrogens with one attached hydrogen (secondary N) is 1. The maximum atomic E-state index is 15.2. The number of Topliss-reactive ketones (excluding diaryl/α,β-unsaturated/α-hetero) is 1. The summed E-state index contributed by atoms with van der Waals surface area (Å²) in [6.45, 7) is 7.55. The number of ketones is 1. The highest BCUT2D eigenvalue weighted by Gasteiger charge is 2.44. The number of aromatic nitrogens is 4. The van der Waals surface area contributed by atoms with Gasteiger partial charge in [-0.3, -0.25) is 10.0 Å². The predicted molar refractivity (Wildman–Crippen MR) is 154 cm³/mol. The van der Waals surface area contributed by atoms with Gasteiger partial charge in [0.15, 0.2) is 17.1 Å². The van der Waals surface area contributed by atoms with Crippen LogP contribution in [0.2, 0.25) is 0 Å². The average molecular weight is 537 g/mol. The number of carbonyl (C=O) groups is 1. The molecular formula is C31H43FN5O2+. The summed E-state index contributed by atoms with van der Waals surface area (Å²) in [4.78, 5) is 22.2. The van der Waals surface area contributed by atoms with E-state index in [0.29, 0.717) is 37.4 Å². The van der Waals surface area contributed by atoms with Crippen molar-refractivity contribution in [2.24, 2.45) is 5.92 Å². The molecule has 2 fully saturated rings. The highest BCUT2D eigenvalue weighted by Crippen LogP contribution is 2.40. The lowest BCUT2D eigenvalue weighted by atomic mass is 9.76. The van der Waals surface area contributed by atoms with Crippen LogP contribution in [0.4, 0.5) is 4.39 Å². The van der Waals surface area contributed by atoms with E-state index < -0.39 is 5.67 Å². The molecule has 0 spiro atoms. The van der Waals surface area contributed by atoms with Gasteiger partial charge in [-0.05, 0) is 75.9 Å². The van der Waals surface area contributed by atoms with Crippen molar-refractivity contribution in [3.63, 3.8) is 0 Å². The van der Waals surface area contributed by atoms with E-state index in [0.717, 1.165) is 28.7 Å². The maximum Gasteiger partial charge on any atom is 0.299 e. The lowest BCUT2D eigenvalue weighted by Gasteiger charge is -2.35. The number of halogens is 1. The van der Waals surface area contributed by atoms with E-state index in [1.54, 1.807) is 18.5 Å². The van der Waals surface area contributed by atoms with Gasteiger partial charge in [-0.1, -0.05) is 33.7 Å². The van der Waals surface area contributed by atoms with Crippen LogP contribution in [0.1, 0.15) is 66.8 Å². The molecule has 8 heteroatoms. The van der Waals surface area contributed by atoms with Gasteiger partial charge in [-0.2, -0.15) is 0 Å². The molecule has 2 aliphatic rings. The number of hydrogen-bond acceptors (Lipinski definition) is 5. The summed E-state index contributed by atoms with van der Waals surface area (Å²) in [7, 11) is 0. The lowest BCUT2D eigenvalue weighted by Crippen LogP contribution is -2.47. The Morgan fingerprint density at radius 3 is 2.33 bits per heavy atom. The largest absolute Gasteiger partial charge is 0.316 e. The van der Waals surface area contributed by atoms with E-state index in [4.69, 9.17) is 4.98 Å². The zero-order chi connectivity index (χ0) is 25.5. The molecule has 0 bridgehead atoms. The molecule has 1 aliphatic carbocycles. The molecule has 1 saturated carbocycles. The Labute approximate surface area is 232 Å². The fraction of sp³-hybridized carbons (Fsp3) is 0.452. The van der Waals surface area contributed by atoms with Gasteiger partial charge in [0, 0.05) is 47.9 Å². The molecule has 0 aromatic carbocycles. The van der Waals surface area contributed by atoms with Crippen molar-refractivity contribution >= 4 is 16.9 Å². The third kappa shape index (κ3) is 7.20. The van der Waals surface area contributed by atoms with Gasteiger partial charge >= 0.3 is 0 Å². The van der Waals surface area contributed by atoms with Gasteiger partial charge in [0.2, 0.25) is 12.0 Å². The lowest BCUT2D eigenvalue weighted by molar-refractivity contribution is -0.896. The van der Waals surface area contributed by atoms with E-state index >= 15 is 4.39 Å². The van der Waals surface area contributed by atoms with Crippen LogP contribution in [0.15, 0.2) is 73.1 Å². The van der Waals surface area contributed by atoms with Crippen molar-refractivity contribution in [1.29, 1.82) is 0 Å². The first-order chi connectivity index (χ1) is 17.5. The van der Waals surface area contributed by atoms with Crippen LogP contribution in [0, 0.1) is 5.92 Å². The van der Waals surface area contributed by atoms with Crippen molar-refractivity contribution < 1.29 is 19.1 Å². The SMILES string of the molecule is C.C.C.C=C=C=C=C.O=C(C1CCC(n2c(-c3cccc[n+]3O)nc3cccnc32)CC1)C1(F)CCNCC1. The Morgan fingerprint density at radius 1 is 1.08 bits per heavy atom. The average Bonchev–Trinajstić information content (AvgIpc) is 3.29. The smallest absolute Gasteiger partial charge is 0.299 e. The first-order valence-electron chi connectivity index (χ1n) is 12.2. The number of rotatable bonds is 4. The van der Waals surface area contributed by atoms with Crippen LogP contribution >= 0.6 is 0 Å². The summed E-state index contributed by atoms with van der Waals surface area (Å²) in [5.41, 5.74) is 7.50. The van der Waals surface area contributed by atoms with E-state index in [1.807, 2.05) is 24.3 Å². The van der Waals surface area contributed by atoms with Crippen molar-refractivity contribution in [2.45, 2.75) is 72.5 Å². The van der Waals surface area contributed by atoms with Crippen LogP contribution in [-0.4, -0.2) is 44.3 Å². The van der Waals surface area contributed by atoms with Gasteiger partial charge < -0.3 is 9.88 Å². The third-order valence-corrected chi connectivity index (χ3v) is 6.96. The number of hydrogen-bond donors (Lipinski definition) is 2. The summed E-state index contributed by atoms with van der Waals surface area (Å²) >= 11 is 0. The molecule has 2 N–H and O–H groups in total. The molecule has 0 radical (unpaired) electrons. The molecule has 39 heavy (non-hydrogen) atoms. The van der Waals surface area contributed by atoms with Crippen molar-refractivity contribution in [2.75, 3.05) is 13.1 Å². The van der Waals surface area contributed by atoms with Crippen LogP contribution < -0.4 is 10.0 Å². The Morgan fingerprint density at radius 2 is 1.74 bits per heavy atom. The van der Waals surface area contributed by atoms with Gasteiger partial charge in [0.05, 0.1) is 0 Å². The van der Waals surface area contributed by atoms with Crippen LogP contribution in [0.3, 0.4) is 0 Å². The van der Waals surface area contributed by atoms with Crippen molar-refractivity contribution in [3.8, 4) is 11.5 Å². The monoisotopic (exact) mass is 536 g/mol. The van der Waals surface area contributed by atoms with Crippen molar-refractivity contribution in [1.82, 2.24) is 19.9 Å². The summed E-state index contributed by atoms with van der Waals surface area (Å²) in [6, 6.07) is 9.26. The van der Waals surface area contributed by atoms with Gasteiger partial charge in [-0.15, -0.1) is 0 Å². The first kappa shape index (κ1) is 33.2. The van der Waals surface area contributed by atoms with Crippen LogP contribution in [0.25, 0.3) is 22.7 Å². The minimum Gasteiger partial charge on any atom is -0.316 e. The standard InChI is InChI=1S/C23H27FN5O2.C5H4.3CH4/c24-23(10-13-25-14-11-23)20(30)16-6-8-17(9-7-16)29-21-18(4-3-12-26-21)27-22(29)19-5-1-2-15-28(19)31;1-3-5-4-2;;;/h1-5,12,15-17,25,31H,6-11,13-14H2;1-2H2;3*1H4/q+1;;;;. The highest BCUT2D eigenvalue weighted by atomic mass is 19.1. The quantitative estimate of drug-likeness (QED) is 0.236. The minimum absolute atomic E-state index is 0. The van der Waals surface area contributed by atoms with E-state index in [1.165, 1.54) is 0 Å². The molecular weight excluding hydrogens is 493 g/mol. The Hall–Kier alpha value is -3.79. The zero-order valence-corrected chi connectivity index (χ0v) is 20.3. The number of alkyl halides is 1. The molecule has 3 aromatic rings. The Balaban J connectivity index is 0.000000876. The third-order valence-electron chi connectivity index (χ3n) is 6.96. The van der Waals surface area contributed by atoms with Crippen LogP contribution in [-0.2, 0) is 4.79 Å². The second kappa shape index (κ2) is 15.0. The number of piperidine rings is 1. The number of nitrogens with zero attached hydrogens (tertiary/aromatic N) is 4. The zero-order valence-electron chi connectivity index (χ0n) is 20.3. The molecule has 0 unspecified atom stereocenters. The van der Waals surface area contributed by atoms with E-state index in [2.05, 4.69) is 45.2 Å². The molecule has 3 aromatic heterocycles. The van der Waals surface area contributed by atoms with Gasteiger partial charge in [0.1, 0.15) is 5.52 Å². The summed E-state index contributed by atoms with van der Waals surface area (Å²) in [5.74, 6) is 0.203. The van der Waals surface area contributed by atoms with Crippen LogP contribution in [0.5, 0.6) is 0 Å². The Bertz CT molecular complexity index is 1320. The molecule has 210 valence electrons. The number of carbonyl (C=O) groups excluding carboxylic acids is 1. The van der Waals surface area contributed by atoms with E-state index in [9.17, 15) is 10.0 Å². The molecule has 1 saturated heterocycles. The van der Waals surface area contributed by atoms with E-state index in [-0.39, 0.29) is 52.9 Å². The van der Waals surface area contributed by atoms with Crippen molar-refractivity contribution in [3.05, 3.63) is 73.1 Å². The summed E-state index contributed by atoms with van der Waals surface area (Å²) < 4.78 is 18.4. The fourth-order valence-electron chi connectivity index (χ4n) is 5.16. The highest BCUT2D eigenvalue weighted by molar-refractivity contribution is 5.89. The van der Waals surface area contributed by atoms with Gasteiger partial charge in [0.25, 0.3) is 5.69 Å². The van der Waals surface area contributed by atoms with Gasteiger partial charge in [-0.25, -0.2) is 14.4 Å². The predicted octanol–water partition coefficient (Wildman–Crippen LogP) is 6.19. The molecule has 0 atom stereocenters. The molecule has 4 heterocycles. The number of pyridine rings is 2. The molecule has 0 amide bonds. The molecule has 5 rings (SSSR count). The second-order valence-corrected chi connectivity index (χ2v) is 9.15. The number of imidazole rings is 1.